The van der Waals surface area contributed by atoms with Crippen LogP contribution in [-0.2, 0) is 11.2 Å². The van der Waals surface area contributed by atoms with Crippen LogP contribution in [0.25, 0.3) is 11.0 Å². The lowest BCUT2D eigenvalue weighted by atomic mass is 10.1. The molecule has 0 spiro atoms. The zero-order valence-corrected chi connectivity index (χ0v) is 14.0. The maximum Gasteiger partial charge on any atom is 0.229 e. The molecule has 6 heteroatoms. The van der Waals surface area contributed by atoms with Crippen molar-refractivity contribution < 1.29 is 23.1 Å². The lowest BCUT2D eigenvalue weighted by molar-refractivity contribution is -0.115. The number of anilines is 1. The van der Waals surface area contributed by atoms with Crippen LogP contribution in [-0.4, -0.2) is 19.6 Å². The second kappa shape index (κ2) is 7.25. The predicted octanol–water partition coefficient (Wildman–Crippen LogP) is 4.16. The Morgan fingerprint density at radius 2 is 2.08 bits per heavy atom. The van der Waals surface area contributed by atoms with Gasteiger partial charge in [-0.25, -0.2) is 4.39 Å². The van der Waals surface area contributed by atoms with Crippen molar-refractivity contribution >= 4 is 22.6 Å². The van der Waals surface area contributed by atoms with Gasteiger partial charge in [-0.15, -0.1) is 0 Å². The number of halogens is 1. The molecule has 25 heavy (non-hydrogen) atoms. The van der Waals surface area contributed by atoms with Gasteiger partial charge >= 0.3 is 0 Å². The molecule has 0 aliphatic heterocycles. The fraction of sp³-hybridized carbons (Fsp3) is 0.211. The SMILES string of the molecule is CCOc1cc(F)ccc1NC(=O)Cc1coc2cc(OC)ccc12. The van der Waals surface area contributed by atoms with Gasteiger partial charge in [0.1, 0.15) is 22.9 Å². The Kier molecular flexibility index (Phi) is 4.88. The first-order valence-electron chi connectivity index (χ1n) is 7.87. The zero-order valence-electron chi connectivity index (χ0n) is 14.0. The maximum absolute atomic E-state index is 13.3. The Labute approximate surface area is 144 Å². The van der Waals surface area contributed by atoms with Crippen LogP contribution in [0.3, 0.4) is 0 Å². The van der Waals surface area contributed by atoms with Gasteiger partial charge in [0.05, 0.1) is 32.1 Å². The predicted molar refractivity (Wildman–Crippen MR) is 92.7 cm³/mol. The van der Waals surface area contributed by atoms with Gasteiger partial charge in [0.2, 0.25) is 5.91 Å². The minimum atomic E-state index is -0.420. The van der Waals surface area contributed by atoms with Crippen LogP contribution < -0.4 is 14.8 Å². The van der Waals surface area contributed by atoms with E-state index in [1.165, 1.54) is 18.2 Å². The van der Waals surface area contributed by atoms with Gasteiger partial charge in [0.15, 0.2) is 0 Å². The Hall–Kier alpha value is -3.02. The van der Waals surface area contributed by atoms with E-state index < -0.39 is 5.82 Å². The summed E-state index contributed by atoms with van der Waals surface area (Å²) in [5, 5.41) is 3.60. The quantitative estimate of drug-likeness (QED) is 0.730. The van der Waals surface area contributed by atoms with Gasteiger partial charge in [-0.05, 0) is 31.2 Å². The lowest BCUT2D eigenvalue weighted by Crippen LogP contribution is -2.15. The van der Waals surface area contributed by atoms with Gasteiger partial charge in [-0.2, -0.15) is 0 Å². The Morgan fingerprint density at radius 1 is 1.24 bits per heavy atom. The minimum Gasteiger partial charge on any atom is -0.497 e. The normalized spacial score (nSPS) is 10.7. The fourth-order valence-corrected chi connectivity index (χ4v) is 2.57. The molecule has 0 bridgehead atoms. The number of nitrogens with one attached hydrogen (secondary N) is 1. The summed E-state index contributed by atoms with van der Waals surface area (Å²) in [6.45, 7) is 2.17. The molecule has 1 N–H and O–H groups in total. The van der Waals surface area contributed by atoms with E-state index in [0.717, 1.165) is 10.9 Å². The summed E-state index contributed by atoms with van der Waals surface area (Å²) in [7, 11) is 1.58. The molecule has 0 aliphatic carbocycles. The molecule has 130 valence electrons. The first kappa shape index (κ1) is 16.8. The summed E-state index contributed by atoms with van der Waals surface area (Å²) >= 11 is 0. The number of benzene rings is 2. The van der Waals surface area contributed by atoms with E-state index in [-0.39, 0.29) is 12.3 Å². The molecule has 1 aromatic heterocycles. The highest BCUT2D eigenvalue weighted by molar-refractivity contribution is 5.96. The molecule has 0 unspecified atom stereocenters. The van der Waals surface area contributed by atoms with Crippen LogP contribution in [0.2, 0.25) is 0 Å². The van der Waals surface area contributed by atoms with Crippen molar-refractivity contribution in [2.75, 3.05) is 19.0 Å². The largest absolute Gasteiger partial charge is 0.497 e. The second-order valence-corrected chi connectivity index (χ2v) is 5.42. The van der Waals surface area contributed by atoms with E-state index in [2.05, 4.69) is 5.32 Å². The summed E-state index contributed by atoms with van der Waals surface area (Å²) in [5.41, 5.74) is 1.84. The summed E-state index contributed by atoms with van der Waals surface area (Å²) < 4.78 is 29.3. The van der Waals surface area contributed by atoms with Gasteiger partial charge in [0, 0.05) is 23.1 Å². The van der Waals surface area contributed by atoms with Crippen LogP contribution in [0.4, 0.5) is 10.1 Å². The number of amides is 1. The molecule has 0 fully saturated rings. The summed E-state index contributed by atoms with van der Waals surface area (Å²) in [5.74, 6) is 0.325. The first-order chi connectivity index (χ1) is 12.1. The van der Waals surface area contributed by atoms with Crippen molar-refractivity contribution in [2.24, 2.45) is 0 Å². The molecule has 1 amide bonds. The van der Waals surface area contributed by atoms with Crippen LogP contribution >= 0.6 is 0 Å². The molecule has 3 aromatic rings. The van der Waals surface area contributed by atoms with E-state index in [1.54, 1.807) is 26.4 Å². The van der Waals surface area contributed by atoms with E-state index >= 15 is 0 Å². The van der Waals surface area contributed by atoms with Crippen molar-refractivity contribution in [3.63, 3.8) is 0 Å². The highest BCUT2D eigenvalue weighted by Crippen LogP contribution is 2.28. The van der Waals surface area contributed by atoms with E-state index in [0.29, 0.717) is 29.4 Å². The van der Waals surface area contributed by atoms with Crippen LogP contribution in [0.5, 0.6) is 11.5 Å². The topological polar surface area (TPSA) is 60.7 Å². The van der Waals surface area contributed by atoms with Crippen LogP contribution in [0.1, 0.15) is 12.5 Å². The Morgan fingerprint density at radius 3 is 2.84 bits per heavy atom. The number of ether oxygens (including phenoxy) is 2. The number of carbonyl (C=O) groups is 1. The number of fused-ring (bicyclic) bond motifs is 1. The molecule has 5 nitrogen and oxygen atoms in total. The van der Waals surface area contributed by atoms with E-state index in [1.807, 2.05) is 12.1 Å². The minimum absolute atomic E-state index is 0.127. The molecule has 0 aliphatic rings. The molecule has 2 aromatic carbocycles. The fourth-order valence-electron chi connectivity index (χ4n) is 2.57. The Balaban J connectivity index is 1.77. The number of rotatable bonds is 6. The molecule has 0 saturated carbocycles. The van der Waals surface area contributed by atoms with Crippen molar-refractivity contribution in [2.45, 2.75) is 13.3 Å². The average molecular weight is 343 g/mol. The smallest absolute Gasteiger partial charge is 0.229 e. The van der Waals surface area contributed by atoms with E-state index in [4.69, 9.17) is 13.9 Å². The van der Waals surface area contributed by atoms with E-state index in [9.17, 15) is 9.18 Å². The second-order valence-electron chi connectivity index (χ2n) is 5.42. The number of carbonyl (C=O) groups excluding carboxylic acids is 1. The highest BCUT2D eigenvalue weighted by Gasteiger charge is 2.13. The maximum atomic E-state index is 13.3. The van der Waals surface area contributed by atoms with Gasteiger partial charge in [-0.1, -0.05) is 0 Å². The van der Waals surface area contributed by atoms with Crippen molar-refractivity contribution in [3.8, 4) is 11.5 Å². The third kappa shape index (κ3) is 3.74. The molecule has 0 atom stereocenters. The zero-order chi connectivity index (χ0) is 17.8. The lowest BCUT2D eigenvalue weighted by Gasteiger charge is -2.11. The standard InChI is InChI=1S/C19H18FNO4/c1-3-24-18-9-13(20)4-7-16(18)21-19(22)8-12-11-25-17-10-14(23-2)5-6-15(12)17/h4-7,9-11H,3,8H2,1-2H3,(H,21,22). The number of methoxy groups -OCH3 is 1. The van der Waals surface area contributed by atoms with Gasteiger partial charge < -0.3 is 19.2 Å². The Bertz CT molecular complexity index is 904. The average Bonchev–Trinajstić information content (AvgIpc) is 2.99. The number of hydrogen-bond donors (Lipinski definition) is 1. The third-order valence-electron chi connectivity index (χ3n) is 3.73. The molecule has 1 heterocycles. The monoisotopic (exact) mass is 343 g/mol. The van der Waals surface area contributed by atoms with Crippen LogP contribution in [0, 0.1) is 5.82 Å². The van der Waals surface area contributed by atoms with Gasteiger partial charge in [0.25, 0.3) is 0 Å². The molecular formula is C19H18FNO4. The first-order valence-corrected chi connectivity index (χ1v) is 7.87. The van der Waals surface area contributed by atoms with Crippen molar-refractivity contribution in [3.05, 3.63) is 54.0 Å². The molecule has 0 saturated heterocycles. The summed E-state index contributed by atoms with van der Waals surface area (Å²) in [4.78, 5) is 12.4. The van der Waals surface area contributed by atoms with Crippen molar-refractivity contribution in [1.29, 1.82) is 0 Å². The summed E-state index contributed by atoms with van der Waals surface area (Å²) in [6, 6.07) is 9.44. The summed E-state index contributed by atoms with van der Waals surface area (Å²) in [6.07, 6.45) is 1.68. The third-order valence-corrected chi connectivity index (χ3v) is 3.73. The number of hydrogen-bond acceptors (Lipinski definition) is 4. The van der Waals surface area contributed by atoms with Crippen LogP contribution in [0.15, 0.2) is 47.1 Å². The molecule has 0 radical (unpaired) electrons. The molecule has 3 rings (SSSR count). The molecular weight excluding hydrogens is 325 g/mol. The highest BCUT2D eigenvalue weighted by atomic mass is 19.1. The number of furan rings is 1. The van der Waals surface area contributed by atoms with Crippen molar-refractivity contribution in [1.82, 2.24) is 0 Å². The van der Waals surface area contributed by atoms with Gasteiger partial charge in [-0.3, -0.25) is 4.79 Å².